The molecule has 1 aromatic rings. The predicted molar refractivity (Wildman–Crippen MR) is 58.8 cm³/mol. The van der Waals surface area contributed by atoms with Gasteiger partial charge in [0.15, 0.2) is 0 Å². The highest BCUT2D eigenvalue weighted by Crippen LogP contribution is 2.23. The molecule has 0 aromatic heterocycles. The van der Waals surface area contributed by atoms with Crippen LogP contribution in [0.4, 0.5) is 0 Å². The highest BCUT2D eigenvalue weighted by Gasteiger charge is 2.07. The Morgan fingerprint density at radius 3 is 2.80 bits per heavy atom. The van der Waals surface area contributed by atoms with Gasteiger partial charge in [0.05, 0.1) is 12.6 Å². The molecule has 0 unspecified atom stereocenters. The summed E-state index contributed by atoms with van der Waals surface area (Å²) < 4.78 is 5.63. The smallest absolute Gasteiger partial charge is 0.235 e. The van der Waals surface area contributed by atoms with Crippen molar-refractivity contribution in [3.63, 3.8) is 0 Å². The molecule has 0 saturated heterocycles. The highest BCUT2D eigenvalue weighted by atomic mass is 16.5. The lowest BCUT2D eigenvalue weighted by Crippen LogP contribution is -2.08. The molecule has 0 aliphatic rings. The van der Waals surface area contributed by atoms with E-state index < -0.39 is 0 Å². The minimum absolute atomic E-state index is 0.116. The summed E-state index contributed by atoms with van der Waals surface area (Å²) >= 11 is 0. The summed E-state index contributed by atoms with van der Waals surface area (Å²) in [4.78, 5) is 13.7. The molecule has 15 heavy (non-hydrogen) atoms. The van der Waals surface area contributed by atoms with Crippen LogP contribution in [0.1, 0.15) is 25.0 Å². The van der Waals surface area contributed by atoms with Crippen LogP contribution < -0.4 is 4.74 Å². The lowest BCUT2D eigenvalue weighted by molar-refractivity contribution is 0.240. The van der Waals surface area contributed by atoms with Crippen molar-refractivity contribution in [2.75, 3.05) is 0 Å². The van der Waals surface area contributed by atoms with Gasteiger partial charge in [0.1, 0.15) is 5.75 Å². The molecule has 0 aliphatic carbocycles. The molecular formula is C12H15NO2. The number of isocyanates is 1. The Morgan fingerprint density at radius 2 is 2.20 bits per heavy atom. The van der Waals surface area contributed by atoms with E-state index in [0.717, 1.165) is 16.9 Å². The van der Waals surface area contributed by atoms with E-state index in [1.807, 2.05) is 39.0 Å². The number of aliphatic imine (C=N–C) groups is 1. The topological polar surface area (TPSA) is 38.7 Å². The molecule has 0 bridgehead atoms. The van der Waals surface area contributed by atoms with Gasteiger partial charge in [0, 0.05) is 5.56 Å². The largest absolute Gasteiger partial charge is 0.491 e. The molecule has 80 valence electrons. The van der Waals surface area contributed by atoms with Crippen LogP contribution in [0.5, 0.6) is 5.75 Å². The van der Waals surface area contributed by atoms with E-state index in [2.05, 4.69) is 4.99 Å². The average molecular weight is 205 g/mol. The van der Waals surface area contributed by atoms with E-state index in [-0.39, 0.29) is 6.10 Å². The van der Waals surface area contributed by atoms with E-state index in [1.165, 1.54) is 0 Å². The highest BCUT2D eigenvalue weighted by molar-refractivity contribution is 5.41. The van der Waals surface area contributed by atoms with Gasteiger partial charge in [-0.3, -0.25) is 0 Å². The Balaban J connectivity index is 3.02. The van der Waals surface area contributed by atoms with Crippen molar-refractivity contribution in [2.45, 2.75) is 33.4 Å². The fraction of sp³-hybridized carbons (Fsp3) is 0.417. The van der Waals surface area contributed by atoms with Crippen molar-refractivity contribution in [1.29, 1.82) is 0 Å². The SMILES string of the molecule is Cc1cccc(OC(C)C)c1CN=C=O. The summed E-state index contributed by atoms with van der Waals surface area (Å²) in [5.41, 5.74) is 2.03. The lowest BCUT2D eigenvalue weighted by atomic mass is 10.1. The van der Waals surface area contributed by atoms with E-state index in [0.29, 0.717) is 6.54 Å². The third-order valence-corrected chi connectivity index (χ3v) is 2.03. The molecule has 0 radical (unpaired) electrons. The van der Waals surface area contributed by atoms with Gasteiger partial charge >= 0.3 is 0 Å². The van der Waals surface area contributed by atoms with Gasteiger partial charge in [-0.15, -0.1) is 0 Å². The second-order valence-electron chi connectivity index (χ2n) is 3.63. The van der Waals surface area contributed by atoms with Crippen LogP contribution in [-0.2, 0) is 11.3 Å². The van der Waals surface area contributed by atoms with Crippen molar-refractivity contribution < 1.29 is 9.53 Å². The molecular weight excluding hydrogens is 190 g/mol. The number of hydrogen-bond acceptors (Lipinski definition) is 3. The van der Waals surface area contributed by atoms with E-state index in [1.54, 1.807) is 6.08 Å². The fourth-order valence-electron chi connectivity index (χ4n) is 1.35. The van der Waals surface area contributed by atoms with Crippen LogP contribution in [0, 0.1) is 6.92 Å². The molecule has 0 saturated carbocycles. The number of ether oxygens (including phenoxy) is 1. The van der Waals surface area contributed by atoms with E-state index in [9.17, 15) is 4.79 Å². The number of aryl methyl sites for hydroxylation is 1. The summed E-state index contributed by atoms with van der Waals surface area (Å²) in [5.74, 6) is 0.795. The first kappa shape index (κ1) is 11.5. The number of benzene rings is 1. The number of nitrogens with zero attached hydrogens (tertiary/aromatic N) is 1. The molecule has 0 fully saturated rings. The summed E-state index contributed by atoms with van der Waals surface area (Å²) in [7, 11) is 0. The van der Waals surface area contributed by atoms with Gasteiger partial charge in [0.25, 0.3) is 0 Å². The number of rotatable bonds is 4. The molecule has 1 rings (SSSR count). The summed E-state index contributed by atoms with van der Waals surface area (Å²) in [6, 6.07) is 5.80. The first-order valence-corrected chi connectivity index (χ1v) is 4.94. The van der Waals surface area contributed by atoms with Gasteiger partial charge < -0.3 is 4.74 Å². The standard InChI is InChI=1S/C12H15NO2/c1-9(2)15-12-6-4-5-10(3)11(12)7-13-8-14/h4-6,9H,7H2,1-3H3. The van der Waals surface area contributed by atoms with Gasteiger partial charge in [-0.1, -0.05) is 12.1 Å². The van der Waals surface area contributed by atoms with Crippen molar-refractivity contribution >= 4 is 6.08 Å². The van der Waals surface area contributed by atoms with Gasteiger partial charge in [-0.05, 0) is 32.4 Å². The Hall–Kier alpha value is -1.60. The van der Waals surface area contributed by atoms with Crippen molar-refractivity contribution in [3.05, 3.63) is 29.3 Å². The Morgan fingerprint density at radius 1 is 1.47 bits per heavy atom. The fourth-order valence-corrected chi connectivity index (χ4v) is 1.35. The first-order valence-electron chi connectivity index (χ1n) is 4.94. The normalized spacial score (nSPS) is 9.87. The van der Waals surface area contributed by atoms with Crippen molar-refractivity contribution in [3.8, 4) is 5.75 Å². The van der Waals surface area contributed by atoms with Crippen LogP contribution in [0.15, 0.2) is 23.2 Å². The first-order chi connectivity index (χ1) is 7.15. The Bertz CT molecular complexity index is 379. The van der Waals surface area contributed by atoms with Crippen molar-refractivity contribution in [1.82, 2.24) is 0 Å². The minimum atomic E-state index is 0.116. The molecule has 3 nitrogen and oxygen atoms in total. The van der Waals surface area contributed by atoms with Gasteiger partial charge in [-0.2, -0.15) is 0 Å². The second kappa shape index (κ2) is 5.32. The summed E-state index contributed by atoms with van der Waals surface area (Å²) in [6.45, 7) is 6.24. The molecule has 0 spiro atoms. The third kappa shape index (κ3) is 3.22. The van der Waals surface area contributed by atoms with Crippen molar-refractivity contribution in [2.24, 2.45) is 4.99 Å². The molecule has 0 aliphatic heterocycles. The van der Waals surface area contributed by atoms with Crippen LogP contribution in [0.2, 0.25) is 0 Å². The maximum Gasteiger partial charge on any atom is 0.235 e. The average Bonchev–Trinajstić information content (AvgIpc) is 2.16. The van der Waals surface area contributed by atoms with Crippen LogP contribution in [0.3, 0.4) is 0 Å². The maximum atomic E-state index is 10.1. The number of hydrogen-bond donors (Lipinski definition) is 0. The number of carbonyl (C=O) groups excluding carboxylic acids is 1. The molecule has 0 atom stereocenters. The van der Waals surface area contributed by atoms with Crippen LogP contribution >= 0.6 is 0 Å². The summed E-state index contributed by atoms with van der Waals surface area (Å²) in [6.07, 6.45) is 1.66. The quantitative estimate of drug-likeness (QED) is 0.559. The molecule has 3 heteroatoms. The lowest BCUT2D eigenvalue weighted by Gasteiger charge is -2.14. The maximum absolute atomic E-state index is 10.1. The molecule has 1 aromatic carbocycles. The molecule has 0 heterocycles. The monoisotopic (exact) mass is 205 g/mol. The van der Waals surface area contributed by atoms with Crippen LogP contribution in [-0.4, -0.2) is 12.2 Å². The van der Waals surface area contributed by atoms with Gasteiger partial charge in [-0.25, -0.2) is 9.79 Å². The van der Waals surface area contributed by atoms with E-state index >= 15 is 0 Å². The zero-order valence-electron chi connectivity index (χ0n) is 9.28. The predicted octanol–water partition coefficient (Wildman–Crippen LogP) is 2.62. The molecule has 0 N–H and O–H groups in total. The molecule has 0 amide bonds. The van der Waals surface area contributed by atoms with E-state index in [4.69, 9.17) is 4.74 Å². The summed E-state index contributed by atoms with van der Waals surface area (Å²) in [5, 5.41) is 0. The Labute approximate surface area is 89.8 Å². The minimum Gasteiger partial charge on any atom is -0.491 e. The zero-order valence-corrected chi connectivity index (χ0v) is 9.28. The zero-order chi connectivity index (χ0) is 11.3. The Kier molecular flexibility index (Phi) is 4.07. The third-order valence-electron chi connectivity index (χ3n) is 2.03. The van der Waals surface area contributed by atoms with Crippen LogP contribution in [0.25, 0.3) is 0 Å². The second-order valence-corrected chi connectivity index (χ2v) is 3.63. The van der Waals surface area contributed by atoms with Gasteiger partial charge in [0.2, 0.25) is 6.08 Å².